The molecule has 0 unspecified atom stereocenters. The van der Waals surface area contributed by atoms with Gasteiger partial charge in [-0.25, -0.2) is 13.2 Å². The fourth-order valence-corrected chi connectivity index (χ4v) is 3.11. The summed E-state index contributed by atoms with van der Waals surface area (Å²) in [6.07, 6.45) is 0. The van der Waals surface area contributed by atoms with E-state index >= 15 is 0 Å². The molecule has 1 heterocycles. The zero-order valence-electron chi connectivity index (χ0n) is 16.7. The summed E-state index contributed by atoms with van der Waals surface area (Å²) in [6, 6.07) is 0.869. The summed E-state index contributed by atoms with van der Waals surface area (Å²) < 4.78 is 39.9. The molecule has 2 rings (SSSR count). The van der Waals surface area contributed by atoms with Crippen LogP contribution in [0.25, 0.3) is 0 Å². The number of Topliss-reactive ketones (excluding diaryl/α,β-unsaturated/α-hetero) is 2. The van der Waals surface area contributed by atoms with E-state index in [9.17, 15) is 27.6 Å². The third kappa shape index (κ3) is 4.56. The number of rotatable bonds is 7. The van der Waals surface area contributed by atoms with Gasteiger partial charge in [-0.05, 0) is 52.4 Å². The summed E-state index contributed by atoms with van der Waals surface area (Å²) in [5.41, 5.74) is 1.35. The number of aromatic amines is 1. The van der Waals surface area contributed by atoms with E-state index in [2.05, 4.69) is 10.3 Å². The first-order valence-electron chi connectivity index (χ1n) is 8.83. The summed E-state index contributed by atoms with van der Waals surface area (Å²) in [7, 11) is 1.51. The molecule has 2 N–H and O–H groups in total. The first-order valence-corrected chi connectivity index (χ1v) is 8.83. The van der Waals surface area contributed by atoms with Crippen molar-refractivity contribution in [2.45, 2.75) is 33.7 Å². The van der Waals surface area contributed by atoms with Crippen molar-refractivity contribution >= 4 is 23.2 Å². The van der Waals surface area contributed by atoms with E-state index in [1.165, 1.54) is 18.9 Å². The predicted molar refractivity (Wildman–Crippen MR) is 102 cm³/mol. The van der Waals surface area contributed by atoms with Crippen molar-refractivity contribution in [1.82, 2.24) is 9.88 Å². The van der Waals surface area contributed by atoms with Crippen molar-refractivity contribution in [1.29, 1.82) is 0 Å². The number of amides is 1. The van der Waals surface area contributed by atoms with Gasteiger partial charge in [0.15, 0.2) is 29.0 Å². The van der Waals surface area contributed by atoms with Gasteiger partial charge in [-0.1, -0.05) is 0 Å². The number of aromatic nitrogens is 1. The van der Waals surface area contributed by atoms with Crippen molar-refractivity contribution < 1.29 is 27.6 Å². The molecule has 0 fully saturated rings. The number of hydrogen-bond donors (Lipinski definition) is 2. The van der Waals surface area contributed by atoms with E-state index in [-0.39, 0.29) is 23.8 Å². The fraction of sp³-hybridized carbons (Fsp3) is 0.350. The van der Waals surface area contributed by atoms with Gasteiger partial charge in [0, 0.05) is 11.3 Å². The van der Waals surface area contributed by atoms with Gasteiger partial charge in [0.25, 0.3) is 0 Å². The van der Waals surface area contributed by atoms with E-state index in [1.807, 2.05) is 0 Å². The molecule has 1 aromatic heterocycles. The highest BCUT2D eigenvalue weighted by atomic mass is 19.2. The molecule has 0 saturated heterocycles. The molecule has 6 nitrogen and oxygen atoms in total. The number of carbonyl (C=O) groups excluding carboxylic acids is 3. The lowest BCUT2D eigenvalue weighted by atomic mass is 10.0. The Morgan fingerprint density at radius 1 is 1.14 bits per heavy atom. The van der Waals surface area contributed by atoms with Gasteiger partial charge in [-0.15, -0.1) is 0 Å². The van der Waals surface area contributed by atoms with Gasteiger partial charge < -0.3 is 10.3 Å². The highest BCUT2D eigenvalue weighted by Crippen LogP contribution is 2.21. The molecule has 0 aliphatic rings. The summed E-state index contributed by atoms with van der Waals surface area (Å²) in [5, 5.41) is 2.16. The van der Waals surface area contributed by atoms with Crippen LogP contribution in [0.5, 0.6) is 0 Å². The molecule has 156 valence electrons. The number of ketones is 2. The average Bonchev–Trinajstić information content (AvgIpc) is 2.95. The minimum Gasteiger partial charge on any atom is -0.355 e. The molecule has 0 aliphatic heterocycles. The molecular formula is C20H22F3N3O3. The smallest absolute Gasteiger partial charge is 0.238 e. The van der Waals surface area contributed by atoms with Crippen LogP contribution in [0, 0.1) is 31.3 Å². The van der Waals surface area contributed by atoms with Crippen molar-refractivity contribution in [2.75, 3.05) is 18.9 Å². The molecule has 0 radical (unpaired) electrons. The second kappa shape index (κ2) is 8.60. The average molecular weight is 409 g/mol. The maximum atomic E-state index is 13.7. The van der Waals surface area contributed by atoms with Gasteiger partial charge in [0.1, 0.15) is 0 Å². The van der Waals surface area contributed by atoms with Gasteiger partial charge in [-0.3, -0.25) is 19.3 Å². The molecule has 0 aliphatic carbocycles. The lowest BCUT2D eigenvalue weighted by Gasteiger charge is -2.23. The topological polar surface area (TPSA) is 82.3 Å². The first kappa shape index (κ1) is 22.4. The fourth-order valence-electron chi connectivity index (χ4n) is 3.11. The number of benzene rings is 1. The Morgan fingerprint density at radius 3 is 2.31 bits per heavy atom. The molecule has 9 heteroatoms. The van der Waals surface area contributed by atoms with Crippen LogP contribution in [0.3, 0.4) is 0 Å². The van der Waals surface area contributed by atoms with E-state index < -0.39 is 35.1 Å². The molecule has 29 heavy (non-hydrogen) atoms. The number of anilines is 1. The summed E-state index contributed by atoms with van der Waals surface area (Å²) in [5.74, 6) is -5.74. The molecule has 2 aromatic rings. The van der Waals surface area contributed by atoms with Crippen molar-refractivity contribution in [2.24, 2.45) is 0 Å². The molecule has 0 saturated carbocycles. The van der Waals surface area contributed by atoms with Crippen molar-refractivity contribution in [3.05, 3.63) is 52.1 Å². The normalized spacial score (nSPS) is 12.2. The predicted octanol–water partition coefficient (Wildman–Crippen LogP) is 3.39. The largest absolute Gasteiger partial charge is 0.355 e. The van der Waals surface area contributed by atoms with E-state index in [4.69, 9.17) is 0 Å². The number of H-pyrrole nitrogens is 1. The van der Waals surface area contributed by atoms with E-state index in [0.717, 1.165) is 6.07 Å². The maximum Gasteiger partial charge on any atom is 0.238 e. The molecule has 0 bridgehead atoms. The highest BCUT2D eigenvalue weighted by Gasteiger charge is 2.27. The minimum atomic E-state index is -1.68. The number of hydrogen-bond acceptors (Lipinski definition) is 4. The van der Waals surface area contributed by atoms with Crippen molar-refractivity contribution in [3.63, 3.8) is 0 Å². The Hall–Kier alpha value is -2.94. The van der Waals surface area contributed by atoms with Crippen LogP contribution in [0.4, 0.5) is 18.9 Å². The number of nitrogens with one attached hydrogen (secondary N) is 2. The van der Waals surface area contributed by atoms with Crippen LogP contribution in [0.15, 0.2) is 12.1 Å². The Labute approximate surface area is 166 Å². The van der Waals surface area contributed by atoms with Crippen LogP contribution in [-0.2, 0) is 4.79 Å². The minimum absolute atomic E-state index is 0.163. The number of carbonyl (C=O) groups is 3. The van der Waals surface area contributed by atoms with Crippen molar-refractivity contribution in [3.8, 4) is 0 Å². The number of nitrogens with zero attached hydrogens (tertiary/aromatic N) is 1. The van der Waals surface area contributed by atoms with Crippen LogP contribution in [0.1, 0.15) is 46.0 Å². The standard InChI is InChI=1S/C20H22F3N3O3/c1-9-16(12(4)27)10(2)24-19(9)20(29)11(3)26(5)8-15(28)25-14-7-6-13(21)17(22)18(14)23/h6-7,11,24H,8H2,1-5H3,(H,25,28)/t11-/m0/s1. The lowest BCUT2D eigenvalue weighted by Crippen LogP contribution is -2.41. The molecule has 1 amide bonds. The summed E-state index contributed by atoms with van der Waals surface area (Å²) >= 11 is 0. The second-order valence-corrected chi connectivity index (χ2v) is 6.91. The Kier molecular flexibility index (Phi) is 6.63. The van der Waals surface area contributed by atoms with Crippen LogP contribution >= 0.6 is 0 Å². The first-order chi connectivity index (χ1) is 13.5. The van der Waals surface area contributed by atoms with E-state index in [1.54, 1.807) is 20.8 Å². The Balaban J connectivity index is 2.11. The van der Waals surface area contributed by atoms with Crippen LogP contribution < -0.4 is 5.32 Å². The third-order valence-corrected chi connectivity index (χ3v) is 4.78. The molecular weight excluding hydrogens is 387 g/mol. The van der Waals surface area contributed by atoms with E-state index in [0.29, 0.717) is 22.9 Å². The van der Waals surface area contributed by atoms with Crippen LogP contribution in [-0.4, -0.2) is 47.0 Å². The maximum absolute atomic E-state index is 13.7. The zero-order chi connectivity index (χ0) is 22.0. The number of halogens is 3. The second-order valence-electron chi connectivity index (χ2n) is 6.91. The lowest BCUT2D eigenvalue weighted by molar-refractivity contribution is -0.117. The Morgan fingerprint density at radius 2 is 1.76 bits per heavy atom. The van der Waals surface area contributed by atoms with Gasteiger partial charge in [-0.2, -0.15) is 0 Å². The Bertz CT molecular complexity index is 985. The van der Waals surface area contributed by atoms with Crippen LogP contribution in [0.2, 0.25) is 0 Å². The SMILES string of the molecule is CC(=O)c1c(C)[nH]c(C(=O)[C@H](C)N(C)CC(=O)Nc2ccc(F)c(F)c2F)c1C. The molecule has 1 atom stereocenters. The molecule has 1 aromatic carbocycles. The summed E-state index contributed by atoms with van der Waals surface area (Å²) in [4.78, 5) is 41.0. The number of likely N-dealkylation sites (N-methyl/N-ethyl adjacent to an activating group) is 1. The van der Waals surface area contributed by atoms with Gasteiger partial charge in [0.2, 0.25) is 5.91 Å². The van der Waals surface area contributed by atoms with Gasteiger partial charge >= 0.3 is 0 Å². The third-order valence-electron chi connectivity index (χ3n) is 4.78. The highest BCUT2D eigenvalue weighted by molar-refractivity contribution is 6.05. The molecule has 0 spiro atoms. The van der Waals surface area contributed by atoms with Gasteiger partial charge in [0.05, 0.1) is 24.0 Å². The zero-order valence-corrected chi connectivity index (χ0v) is 16.7. The summed E-state index contributed by atoms with van der Waals surface area (Å²) in [6.45, 7) is 6.05. The monoisotopic (exact) mass is 409 g/mol. The number of aryl methyl sites for hydroxylation is 1. The quantitative estimate of drug-likeness (QED) is 0.543.